The second kappa shape index (κ2) is 4.17. The molecule has 0 N–H and O–H groups in total. The summed E-state index contributed by atoms with van der Waals surface area (Å²) in [5.41, 5.74) is 0.553. The molecule has 1 fully saturated rings. The van der Waals surface area contributed by atoms with Crippen LogP contribution in [0.25, 0.3) is 10.8 Å². The molecule has 0 bridgehead atoms. The summed E-state index contributed by atoms with van der Waals surface area (Å²) in [6.45, 7) is 0. The number of alkyl halides is 5. The van der Waals surface area contributed by atoms with Crippen LogP contribution in [0.5, 0.6) is 0 Å². The molecule has 0 spiro atoms. The average Bonchev–Trinajstić information content (AvgIpc) is 3.17. The average molecular weight is 286 g/mol. The molecule has 2 aromatic rings. The van der Waals surface area contributed by atoms with Crippen molar-refractivity contribution in [3.05, 3.63) is 48.0 Å². The Morgan fingerprint density at radius 2 is 1.50 bits per heavy atom. The van der Waals surface area contributed by atoms with Gasteiger partial charge in [-0.15, -0.1) is 0 Å². The number of benzene rings is 2. The van der Waals surface area contributed by atoms with E-state index in [2.05, 4.69) is 0 Å². The molecule has 1 aliphatic carbocycles. The summed E-state index contributed by atoms with van der Waals surface area (Å²) < 4.78 is 63.4. The first kappa shape index (κ1) is 13.3. The van der Waals surface area contributed by atoms with Crippen molar-refractivity contribution >= 4 is 10.8 Å². The lowest BCUT2D eigenvalue weighted by atomic mass is 10.0. The van der Waals surface area contributed by atoms with Crippen LogP contribution in [0.3, 0.4) is 0 Å². The standard InChI is InChI=1S/C15H11F5/c16-14(17,15(18,19)20)13-8-12(13)11-6-5-9-3-1-2-4-10(9)7-11/h1-7,12-13H,8H2/t12-,13+/m0/s1. The number of rotatable bonds is 2. The van der Waals surface area contributed by atoms with Crippen molar-refractivity contribution in [3.63, 3.8) is 0 Å². The van der Waals surface area contributed by atoms with E-state index < -0.39 is 23.9 Å². The molecule has 1 saturated carbocycles. The summed E-state index contributed by atoms with van der Waals surface area (Å²) >= 11 is 0. The van der Waals surface area contributed by atoms with Gasteiger partial charge in [0.15, 0.2) is 0 Å². The molecular formula is C15H11F5. The Morgan fingerprint density at radius 1 is 0.850 bits per heavy atom. The molecule has 106 valence electrons. The second-order valence-electron chi connectivity index (χ2n) is 5.18. The van der Waals surface area contributed by atoms with Crippen molar-refractivity contribution in [2.24, 2.45) is 5.92 Å². The Kier molecular flexibility index (Phi) is 2.78. The van der Waals surface area contributed by atoms with Gasteiger partial charge in [-0.3, -0.25) is 0 Å². The molecule has 2 aromatic carbocycles. The van der Waals surface area contributed by atoms with Crippen LogP contribution in [0.15, 0.2) is 42.5 Å². The fraction of sp³-hybridized carbons (Fsp3) is 0.333. The molecule has 0 aromatic heterocycles. The molecular weight excluding hydrogens is 275 g/mol. The van der Waals surface area contributed by atoms with Crippen LogP contribution in [0, 0.1) is 5.92 Å². The van der Waals surface area contributed by atoms with E-state index in [9.17, 15) is 22.0 Å². The first-order chi connectivity index (χ1) is 9.30. The van der Waals surface area contributed by atoms with Gasteiger partial charge >= 0.3 is 12.1 Å². The molecule has 2 atom stereocenters. The Morgan fingerprint density at radius 3 is 2.15 bits per heavy atom. The predicted molar refractivity (Wildman–Crippen MR) is 65.8 cm³/mol. The van der Waals surface area contributed by atoms with E-state index in [1.165, 1.54) is 0 Å². The lowest BCUT2D eigenvalue weighted by Gasteiger charge is -2.19. The Labute approximate surface area is 112 Å². The maximum atomic E-state index is 13.2. The zero-order valence-corrected chi connectivity index (χ0v) is 10.3. The van der Waals surface area contributed by atoms with Crippen LogP contribution in [0.2, 0.25) is 0 Å². The highest BCUT2D eigenvalue weighted by Crippen LogP contribution is 2.60. The quantitative estimate of drug-likeness (QED) is 0.670. The minimum absolute atomic E-state index is 0.120. The second-order valence-corrected chi connectivity index (χ2v) is 5.18. The van der Waals surface area contributed by atoms with Gasteiger partial charge in [-0.1, -0.05) is 42.5 Å². The Balaban J connectivity index is 1.88. The highest BCUT2D eigenvalue weighted by Gasteiger charge is 2.69. The van der Waals surface area contributed by atoms with Gasteiger partial charge in [-0.2, -0.15) is 22.0 Å². The van der Waals surface area contributed by atoms with E-state index in [4.69, 9.17) is 0 Å². The summed E-state index contributed by atoms with van der Waals surface area (Å²) in [6.07, 6.45) is -5.59. The lowest BCUT2D eigenvalue weighted by molar-refractivity contribution is -0.291. The molecule has 0 radical (unpaired) electrons. The normalized spacial score (nSPS) is 23.1. The predicted octanol–water partition coefficient (Wildman–Crippen LogP) is 5.14. The number of hydrogen-bond donors (Lipinski definition) is 0. The smallest absolute Gasteiger partial charge is 0.196 e. The van der Waals surface area contributed by atoms with E-state index in [1.54, 1.807) is 24.3 Å². The van der Waals surface area contributed by atoms with Crippen LogP contribution in [-0.4, -0.2) is 12.1 Å². The van der Waals surface area contributed by atoms with Crippen molar-refractivity contribution in [1.29, 1.82) is 0 Å². The van der Waals surface area contributed by atoms with Gasteiger partial charge < -0.3 is 0 Å². The van der Waals surface area contributed by atoms with Gasteiger partial charge in [0.25, 0.3) is 0 Å². The molecule has 1 aliphatic rings. The third-order valence-electron chi connectivity index (χ3n) is 3.84. The molecule has 3 rings (SSSR count). The van der Waals surface area contributed by atoms with Crippen molar-refractivity contribution < 1.29 is 22.0 Å². The van der Waals surface area contributed by atoms with Gasteiger partial charge in [0, 0.05) is 5.92 Å². The zero-order chi connectivity index (χ0) is 14.5. The van der Waals surface area contributed by atoms with E-state index >= 15 is 0 Å². The topological polar surface area (TPSA) is 0 Å². The van der Waals surface area contributed by atoms with Gasteiger partial charge in [0.1, 0.15) is 0 Å². The van der Waals surface area contributed by atoms with Gasteiger partial charge in [-0.25, -0.2) is 0 Å². The minimum atomic E-state index is -5.47. The largest absolute Gasteiger partial charge is 0.453 e. The monoisotopic (exact) mass is 286 g/mol. The highest BCUT2D eigenvalue weighted by molar-refractivity contribution is 5.83. The summed E-state index contributed by atoms with van der Waals surface area (Å²) in [5, 5.41) is 1.79. The highest BCUT2D eigenvalue weighted by atomic mass is 19.4. The first-order valence-corrected chi connectivity index (χ1v) is 6.24. The number of fused-ring (bicyclic) bond motifs is 1. The Hall–Kier alpha value is -1.65. The molecule has 0 unspecified atom stereocenters. The zero-order valence-electron chi connectivity index (χ0n) is 10.3. The van der Waals surface area contributed by atoms with E-state index in [1.807, 2.05) is 18.2 Å². The minimum Gasteiger partial charge on any atom is -0.196 e. The van der Waals surface area contributed by atoms with Crippen LogP contribution in [0.4, 0.5) is 22.0 Å². The Bertz CT molecular complexity index is 644. The summed E-state index contributed by atoms with van der Waals surface area (Å²) in [5.74, 6) is -6.96. The lowest BCUT2D eigenvalue weighted by Crippen LogP contribution is -2.38. The van der Waals surface area contributed by atoms with Crippen LogP contribution < -0.4 is 0 Å². The van der Waals surface area contributed by atoms with Crippen molar-refractivity contribution in [3.8, 4) is 0 Å². The van der Waals surface area contributed by atoms with Crippen LogP contribution >= 0.6 is 0 Å². The third-order valence-corrected chi connectivity index (χ3v) is 3.84. The molecule has 5 heteroatoms. The summed E-state index contributed by atoms with van der Waals surface area (Å²) in [4.78, 5) is 0. The van der Waals surface area contributed by atoms with E-state index in [0.29, 0.717) is 5.56 Å². The van der Waals surface area contributed by atoms with E-state index in [0.717, 1.165) is 10.8 Å². The third kappa shape index (κ3) is 2.05. The number of halogens is 5. The molecule has 0 heterocycles. The van der Waals surface area contributed by atoms with Crippen molar-refractivity contribution in [2.45, 2.75) is 24.4 Å². The molecule has 0 amide bonds. The van der Waals surface area contributed by atoms with Crippen molar-refractivity contribution in [2.75, 3.05) is 0 Å². The van der Waals surface area contributed by atoms with Crippen LogP contribution in [0.1, 0.15) is 17.9 Å². The maximum Gasteiger partial charge on any atom is 0.453 e. The van der Waals surface area contributed by atoms with E-state index in [-0.39, 0.29) is 6.42 Å². The molecule has 20 heavy (non-hydrogen) atoms. The fourth-order valence-corrected chi connectivity index (χ4v) is 2.61. The first-order valence-electron chi connectivity index (χ1n) is 6.24. The molecule has 0 saturated heterocycles. The van der Waals surface area contributed by atoms with Gasteiger partial charge in [0.05, 0.1) is 0 Å². The maximum absolute atomic E-state index is 13.2. The summed E-state index contributed by atoms with van der Waals surface area (Å²) in [7, 11) is 0. The molecule has 0 nitrogen and oxygen atoms in total. The van der Waals surface area contributed by atoms with Crippen LogP contribution in [-0.2, 0) is 0 Å². The summed E-state index contributed by atoms with van der Waals surface area (Å²) in [6, 6.07) is 12.4. The number of hydrogen-bond acceptors (Lipinski definition) is 0. The molecule has 0 aliphatic heterocycles. The fourth-order valence-electron chi connectivity index (χ4n) is 2.61. The van der Waals surface area contributed by atoms with Gasteiger partial charge in [-0.05, 0) is 28.7 Å². The van der Waals surface area contributed by atoms with Gasteiger partial charge in [0.2, 0.25) is 0 Å². The van der Waals surface area contributed by atoms with Crippen molar-refractivity contribution in [1.82, 2.24) is 0 Å². The SMILES string of the molecule is FC(F)(F)C(F)(F)[C@@H]1C[C@H]1c1ccc2ccccc2c1.